The predicted molar refractivity (Wildman–Crippen MR) is 133 cm³/mol. The minimum atomic E-state index is -0.696. The van der Waals surface area contributed by atoms with E-state index in [2.05, 4.69) is 18.7 Å². The molecule has 0 aliphatic carbocycles. The average molecular weight is 483 g/mol. The number of likely N-dealkylation sites (tertiary alicyclic amines) is 1. The maximum Gasteiger partial charge on any atom is 0.295 e. The number of aliphatic hydroxyl groups is 1. The Morgan fingerprint density at radius 2 is 1.94 bits per heavy atom. The molecule has 7 heteroatoms. The summed E-state index contributed by atoms with van der Waals surface area (Å²) < 4.78 is 5.76. The van der Waals surface area contributed by atoms with Crippen molar-refractivity contribution in [3.63, 3.8) is 0 Å². The lowest BCUT2D eigenvalue weighted by atomic mass is 9.94. The summed E-state index contributed by atoms with van der Waals surface area (Å²) in [6, 6.07) is 11.8. The number of benzene rings is 2. The van der Waals surface area contributed by atoms with E-state index in [0.29, 0.717) is 22.7 Å². The van der Waals surface area contributed by atoms with E-state index in [0.717, 1.165) is 43.8 Å². The molecule has 2 aromatic rings. The summed E-state index contributed by atoms with van der Waals surface area (Å²) in [5, 5.41) is 11.8. The second kappa shape index (κ2) is 10.2. The number of nitrogens with zero attached hydrogens (tertiary/aromatic N) is 2. The first-order valence-electron chi connectivity index (χ1n) is 11.9. The van der Waals surface area contributed by atoms with E-state index in [1.165, 1.54) is 0 Å². The molecular weight excluding hydrogens is 452 g/mol. The fourth-order valence-electron chi connectivity index (χ4n) is 4.86. The van der Waals surface area contributed by atoms with Crippen LogP contribution in [0.4, 0.5) is 0 Å². The predicted octanol–water partition coefficient (Wildman–Crippen LogP) is 4.82. The zero-order valence-electron chi connectivity index (χ0n) is 19.9. The quantitative estimate of drug-likeness (QED) is 0.332. The maximum absolute atomic E-state index is 13.2. The van der Waals surface area contributed by atoms with Crippen LogP contribution in [0.2, 0.25) is 5.02 Å². The average Bonchev–Trinajstić information content (AvgIpc) is 3.32. The highest BCUT2D eigenvalue weighted by molar-refractivity contribution is 6.46. The molecule has 1 saturated heterocycles. The number of halogens is 1. The molecule has 0 aromatic heterocycles. The van der Waals surface area contributed by atoms with Crippen LogP contribution in [0.25, 0.3) is 5.76 Å². The number of aliphatic hydroxyl groups excluding tert-OH is 1. The first-order chi connectivity index (χ1) is 16.3. The van der Waals surface area contributed by atoms with Crippen LogP contribution in [-0.2, 0) is 16.0 Å². The maximum atomic E-state index is 13.2. The van der Waals surface area contributed by atoms with Crippen molar-refractivity contribution in [2.75, 3.05) is 26.2 Å². The van der Waals surface area contributed by atoms with Crippen LogP contribution in [0.15, 0.2) is 48.0 Å². The third kappa shape index (κ3) is 4.70. The molecule has 0 spiro atoms. The van der Waals surface area contributed by atoms with Gasteiger partial charge in [0.05, 0.1) is 11.6 Å². The molecule has 6 nitrogen and oxygen atoms in total. The summed E-state index contributed by atoms with van der Waals surface area (Å²) >= 11 is 6.26. The Balaban J connectivity index is 1.73. The van der Waals surface area contributed by atoms with E-state index >= 15 is 0 Å². The molecule has 2 aromatic carbocycles. The Labute approximate surface area is 205 Å². The van der Waals surface area contributed by atoms with Gasteiger partial charge in [-0.25, -0.2) is 0 Å². The Morgan fingerprint density at radius 1 is 1.18 bits per heavy atom. The van der Waals surface area contributed by atoms with Crippen LogP contribution in [0.5, 0.6) is 5.75 Å². The normalized spacial score (nSPS) is 21.3. The molecule has 2 heterocycles. The molecule has 0 bridgehead atoms. The Kier molecular flexibility index (Phi) is 7.29. The minimum absolute atomic E-state index is 0.0650. The fourth-order valence-corrected chi connectivity index (χ4v) is 5.06. The van der Waals surface area contributed by atoms with Gasteiger partial charge in [0, 0.05) is 23.6 Å². The number of hydrogen-bond acceptors (Lipinski definition) is 5. The number of ketones is 1. The van der Waals surface area contributed by atoms with Gasteiger partial charge in [-0.2, -0.15) is 0 Å². The lowest BCUT2D eigenvalue weighted by Crippen LogP contribution is -2.33. The summed E-state index contributed by atoms with van der Waals surface area (Å²) in [5.74, 6) is -0.649. The molecule has 2 aliphatic rings. The number of carbonyl (C=O) groups excluding carboxylic acids is 2. The van der Waals surface area contributed by atoms with Crippen LogP contribution in [0.3, 0.4) is 0 Å². The van der Waals surface area contributed by atoms with E-state index in [9.17, 15) is 14.7 Å². The summed E-state index contributed by atoms with van der Waals surface area (Å²) in [6.07, 6.45) is 1.52. The topological polar surface area (TPSA) is 70.1 Å². The SMILES string of the molecule is CCN(CC)CCCN1C(=O)C(=O)/C(=C(/O)c2ccc3c(c2)C[C@@H](C)O3)[C@@H]1c1cccc(Cl)c1. The number of fused-ring (bicyclic) bond motifs is 1. The number of hydrogen-bond donors (Lipinski definition) is 1. The van der Waals surface area contributed by atoms with Gasteiger partial charge in [-0.3, -0.25) is 9.59 Å². The molecule has 0 unspecified atom stereocenters. The number of carbonyl (C=O) groups is 2. The van der Waals surface area contributed by atoms with E-state index in [4.69, 9.17) is 16.3 Å². The third-order valence-electron chi connectivity index (χ3n) is 6.64. The number of ether oxygens (including phenoxy) is 1. The smallest absolute Gasteiger partial charge is 0.295 e. The van der Waals surface area contributed by atoms with Crippen molar-refractivity contribution in [3.05, 3.63) is 69.8 Å². The molecule has 0 radical (unpaired) electrons. The van der Waals surface area contributed by atoms with E-state index < -0.39 is 17.7 Å². The van der Waals surface area contributed by atoms with E-state index in [1.54, 1.807) is 29.2 Å². The molecule has 2 atom stereocenters. The van der Waals surface area contributed by atoms with Crippen molar-refractivity contribution >= 4 is 29.1 Å². The van der Waals surface area contributed by atoms with Crippen LogP contribution in [0.1, 0.15) is 49.9 Å². The van der Waals surface area contributed by atoms with Crippen molar-refractivity contribution in [1.82, 2.24) is 9.80 Å². The van der Waals surface area contributed by atoms with Gasteiger partial charge in [-0.05, 0) is 74.4 Å². The second-order valence-electron chi connectivity index (χ2n) is 8.88. The third-order valence-corrected chi connectivity index (χ3v) is 6.88. The Morgan fingerprint density at radius 3 is 2.65 bits per heavy atom. The monoisotopic (exact) mass is 482 g/mol. The minimum Gasteiger partial charge on any atom is -0.507 e. The van der Waals surface area contributed by atoms with Crippen LogP contribution in [-0.4, -0.2) is 58.9 Å². The summed E-state index contributed by atoms with van der Waals surface area (Å²) in [6.45, 7) is 9.27. The molecular formula is C27H31ClN2O4. The summed E-state index contributed by atoms with van der Waals surface area (Å²) in [4.78, 5) is 30.2. The second-order valence-corrected chi connectivity index (χ2v) is 9.32. The molecule has 180 valence electrons. The van der Waals surface area contributed by atoms with Crippen LogP contribution in [0, 0.1) is 0 Å². The Hall–Kier alpha value is -2.83. The highest BCUT2D eigenvalue weighted by Gasteiger charge is 2.46. The van der Waals surface area contributed by atoms with Crippen molar-refractivity contribution in [2.24, 2.45) is 0 Å². The number of Topliss-reactive ketones (excluding diaryl/α,β-unsaturated/α-hetero) is 1. The standard InChI is InChI=1S/C27H31ClN2O4/c1-4-29(5-2)12-7-13-30-24(18-8-6-9-21(28)16-18)23(26(32)27(30)33)25(31)19-10-11-22-20(15-19)14-17(3)34-22/h6,8-11,15-17,24,31H,4-5,7,12-14H2,1-3H3/b25-23+/t17-,24+/m1/s1. The van der Waals surface area contributed by atoms with Gasteiger partial charge in [0.1, 0.15) is 17.6 Å². The van der Waals surface area contributed by atoms with Crippen LogP contribution < -0.4 is 4.74 Å². The lowest BCUT2D eigenvalue weighted by Gasteiger charge is -2.27. The largest absolute Gasteiger partial charge is 0.507 e. The van der Waals surface area contributed by atoms with E-state index in [-0.39, 0.29) is 17.4 Å². The van der Waals surface area contributed by atoms with Crippen molar-refractivity contribution in [3.8, 4) is 5.75 Å². The molecule has 1 N–H and O–H groups in total. The molecule has 0 saturated carbocycles. The van der Waals surface area contributed by atoms with Gasteiger partial charge in [0.25, 0.3) is 11.7 Å². The molecule has 1 amide bonds. The first kappa shape index (κ1) is 24.3. The van der Waals surface area contributed by atoms with Gasteiger partial charge in [0.2, 0.25) is 0 Å². The Bertz CT molecular complexity index is 1130. The van der Waals surface area contributed by atoms with E-state index in [1.807, 2.05) is 25.1 Å². The number of rotatable bonds is 8. The van der Waals surface area contributed by atoms with Gasteiger partial charge in [-0.1, -0.05) is 37.6 Å². The number of amides is 1. The highest BCUT2D eigenvalue weighted by Crippen LogP contribution is 2.41. The summed E-state index contributed by atoms with van der Waals surface area (Å²) in [5.41, 5.74) is 2.28. The zero-order valence-corrected chi connectivity index (χ0v) is 20.6. The first-order valence-corrected chi connectivity index (χ1v) is 12.3. The van der Waals surface area contributed by atoms with Gasteiger partial charge in [-0.15, -0.1) is 0 Å². The fraction of sp³-hybridized carbons (Fsp3) is 0.407. The molecule has 1 fully saturated rings. The summed E-state index contributed by atoms with van der Waals surface area (Å²) in [7, 11) is 0. The molecule has 2 aliphatic heterocycles. The highest BCUT2D eigenvalue weighted by atomic mass is 35.5. The van der Waals surface area contributed by atoms with Crippen molar-refractivity contribution in [2.45, 2.75) is 45.8 Å². The lowest BCUT2D eigenvalue weighted by molar-refractivity contribution is -0.140. The molecule has 4 rings (SSSR count). The van der Waals surface area contributed by atoms with Gasteiger partial charge >= 0.3 is 0 Å². The van der Waals surface area contributed by atoms with Gasteiger partial charge in [0.15, 0.2) is 0 Å². The van der Waals surface area contributed by atoms with Crippen molar-refractivity contribution in [1.29, 1.82) is 0 Å². The van der Waals surface area contributed by atoms with Crippen molar-refractivity contribution < 1.29 is 19.4 Å². The van der Waals surface area contributed by atoms with Gasteiger partial charge < -0.3 is 19.6 Å². The molecule has 34 heavy (non-hydrogen) atoms. The van der Waals surface area contributed by atoms with Crippen LogP contribution >= 0.6 is 11.6 Å². The zero-order chi connectivity index (χ0) is 24.4.